The molecule has 0 aliphatic heterocycles. The lowest BCUT2D eigenvalue weighted by Crippen LogP contribution is -2.22. The van der Waals surface area contributed by atoms with Gasteiger partial charge in [0, 0.05) is 5.39 Å². The van der Waals surface area contributed by atoms with E-state index in [-0.39, 0.29) is 12.2 Å². The Balaban J connectivity index is 1.58. The molecule has 1 aliphatic carbocycles. The fourth-order valence-electron chi connectivity index (χ4n) is 3.39. The second-order valence-electron chi connectivity index (χ2n) is 7.35. The molecule has 0 bridgehead atoms. The number of halogens is 3. The van der Waals surface area contributed by atoms with E-state index in [9.17, 15) is 18.0 Å². The quantitative estimate of drug-likeness (QED) is 0.607. The number of alkyl halides is 3. The molecule has 30 heavy (non-hydrogen) atoms. The lowest BCUT2D eigenvalue weighted by Gasteiger charge is -2.19. The molecule has 5 nitrogen and oxygen atoms in total. The largest absolute Gasteiger partial charge is 0.456 e. The average molecular weight is 415 g/mol. The lowest BCUT2D eigenvalue weighted by molar-refractivity contribution is -0.160. The summed E-state index contributed by atoms with van der Waals surface area (Å²) < 4.78 is 45.7. The van der Waals surface area contributed by atoms with Crippen LogP contribution in [0.2, 0.25) is 0 Å². The van der Waals surface area contributed by atoms with Gasteiger partial charge in [-0.15, -0.1) is 0 Å². The molecule has 8 heteroatoms. The minimum absolute atomic E-state index is 0.0880. The van der Waals surface area contributed by atoms with E-state index in [4.69, 9.17) is 4.42 Å². The average Bonchev–Trinajstić information content (AvgIpc) is 3.22. The molecule has 2 aromatic heterocycles. The number of amides is 1. The highest BCUT2D eigenvalue weighted by Crippen LogP contribution is 2.33. The van der Waals surface area contributed by atoms with Gasteiger partial charge in [-0.2, -0.15) is 18.3 Å². The number of hydrogen-bond donors (Lipinski definition) is 1. The predicted molar refractivity (Wildman–Crippen MR) is 107 cm³/mol. The molecule has 1 amide bonds. The van der Waals surface area contributed by atoms with E-state index in [1.807, 2.05) is 31.2 Å². The van der Waals surface area contributed by atoms with E-state index in [0.29, 0.717) is 18.1 Å². The Kier molecular flexibility index (Phi) is 5.01. The molecule has 4 rings (SSSR count). The van der Waals surface area contributed by atoms with Gasteiger partial charge in [-0.05, 0) is 49.6 Å². The molecule has 1 N–H and O–H groups in total. The van der Waals surface area contributed by atoms with Crippen molar-refractivity contribution in [3.63, 3.8) is 0 Å². The van der Waals surface area contributed by atoms with Crippen molar-refractivity contribution in [2.75, 3.05) is 5.32 Å². The monoisotopic (exact) mass is 415 g/mol. The number of para-hydroxylation sites is 1. The van der Waals surface area contributed by atoms with Crippen molar-refractivity contribution < 1.29 is 22.4 Å². The Morgan fingerprint density at radius 1 is 1.30 bits per heavy atom. The SMILES string of the molecule is Cc1cc(C(=O)Nc2nn(CC3=CCC(C(F)(F)F)C=C3)c3ccccc23)oc1C. The summed E-state index contributed by atoms with van der Waals surface area (Å²) in [6, 6.07) is 9.02. The van der Waals surface area contributed by atoms with Gasteiger partial charge in [-0.3, -0.25) is 9.48 Å². The van der Waals surface area contributed by atoms with Gasteiger partial charge >= 0.3 is 6.18 Å². The number of rotatable bonds is 4. The number of nitrogens with zero attached hydrogens (tertiary/aromatic N) is 2. The topological polar surface area (TPSA) is 60.1 Å². The first kappa shape index (κ1) is 20.0. The smallest absolute Gasteiger partial charge is 0.395 e. The number of carbonyl (C=O) groups is 1. The van der Waals surface area contributed by atoms with Crippen molar-refractivity contribution in [3.8, 4) is 0 Å². The molecule has 1 aromatic carbocycles. The fourth-order valence-corrected chi connectivity index (χ4v) is 3.39. The summed E-state index contributed by atoms with van der Waals surface area (Å²) in [6.07, 6.45) is -0.0659. The van der Waals surface area contributed by atoms with Crippen LogP contribution in [0.5, 0.6) is 0 Å². The normalized spacial score (nSPS) is 16.7. The highest BCUT2D eigenvalue weighted by Gasteiger charge is 2.37. The minimum atomic E-state index is -4.24. The van der Waals surface area contributed by atoms with E-state index in [0.717, 1.165) is 22.0 Å². The Morgan fingerprint density at radius 3 is 2.70 bits per heavy atom. The molecule has 0 saturated heterocycles. The zero-order valence-corrected chi connectivity index (χ0v) is 16.5. The van der Waals surface area contributed by atoms with E-state index in [2.05, 4.69) is 10.4 Å². The summed E-state index contributed by atoms with van der Waals surface area (Å²) in [5, 5.41) is 8.00. The number of anilines is 1. The zero-order chi connectivity index (χ0) is 21.5. The van der Waals surface area contributed by atoms with Crippen molar-refractivity contribution in [3.05, 3.63) is 71.2 Å². The van der Waals surface area contributed by atoms with Crippen LogP contribution < -0.4 is 5.32 Å². The van der Waals surface area contributed by atoms with Gasteiger partial charge in [0.15, 0.2) is 11.6 Å². The second kappa shape index (κ2) is 7.51. The number of aryl methyl sites for hydroxylation is 2. The number of nitrogens with one attached hydrogen (secondary N) is 1. The zero-order valence-electron chi connectivity index (χ0n) is 16.5. The number of furan rings is 1. The summed E-state index contributed by atoms with van der Waals surface area (Å²) >= 11 is 0. The highest BCUT2D eigenvalue weighted by atomic mass is 19.4. The molecular weight excluding hydrogens is 395 g/mol. The summed E-state index contributed by atoms with van der Waals surface area (Å²) in [5.41, 5.74) is 2.38. The van der Waals surface area contributed by atoms with Crippen LogP contribution in [-0.4, -0.2) is 21.9 Å². The summed E-state index contributed by atoms with van der Waals surface area (Å²) in [7, 11) is 0. The molecule has 0 fully saturated rings. The third kappa shape index (κ3) is 3.90. The van der Waals surface area contributed by atoms with Crippen molar-refractivity contribution in [1.29, 1.82) is 0 Å². The van der Waals surface area contributed by atoms with Gasteiger partial charge < -0.3 is 9.73 Å². The maximum Gasteiger partial charge on any atom is 0.395 e. The van der Waals surface area contributed by atoms with Gasteiger partial charge in [-0.1, -0.05) is 30.4 Å². The van der Waals surface area contributed by atoms with Crippen LogP contribution in [0.4, 0.5) is 19.0 Å². The number of allylic oxidation sites excluding steroid dienone is 4. The van der Waals surface area contributed by atoms with Crippen LogP contribution in [0.3, 0.4) is 0 Å². The van der Waals surface area contributed by atoms with Crippen LogP contribution in [0.1, 0.15) is 28.3 Å². The van der Waals surface area contributed by atoms with Gasteiger partial charge in [0.05, 0.1) is 18.0 Å². The van der Waals surface area contributed by atoms with Crippen LogP contribution in [0.25, 0.3) is 10.9 Å². The summed E-state index contributed by atoms with van der Waals surface area (Å²) in [4.78, 5) is 12.6. The van der Waals surface area contributed by atoms with Crippen LogP contribution in [0.15, 0.2) is 58.6 Å². The van der Waals surface area contributed by atoms with Crippen LogP contribution >= 0.6 is 0 Å². The van der Waals surface area contributed by atoms with Gasteiger partial charge in [0.25, 0.3) is 5.91 Å². The molecule has 2 heterocycles. The first-order valence-corrected chi connectivity index (χ1v) is 9.50. The molecule has 0 spiro atoms. The second-order valence-corrected chi connectivity index (χ2v) is 7.35. The van der Waals surface area contributed by atoms with Gasteiger partial charge in [0.2, 0.25) is 0 Å². The highest BCUT2D eigenvalue weighted by molar-refractivity contribution is 6.06. The first-order chi connectivity index (χ1) is 14.2. The number of carbonyl (C=O) groups excluding carboxylic acids is 1. The van der Waals surface area contributed by atoms with Gasteiger partial charge in [-0.25, -0.2) is 0 Å². The third-order valence-electron chi connectivity index (χ3n) is 5.21. The molecule has 3 aromatic rings. The number of fused-ring (bicyclic) bond motifs is 1. The minimum Gasteiger partial charge on any atom is -0.456 e. The molecule has 1 atom stereocenters. The van der Waals surface area contributed by atoms with Crippen LogP contribution in [-0.2, 0) is 6.54 Å². The molecule has 1 unspecified atom stereocenters. The molecular formula is C22H20F3N3O2. The van der Waals surface area contributed by atoms with Gasteiger partial charge in [0.1, 0.15) is 5.76 Å². The predicted octanol–water partition coefficient (Wildman–Crippen LogP) is 5.56. The number of benzene rings is 1. The van der Waals surface area contributed by atoms with Crippen molar-refractivity contribution >= 4 is 22.6 Å². The maximum atomic E-state index is 12.8. The van der Waals surface area contributed by atoms with Crippen molar-refractivity contribution in [1.82, 2.24) is 9.78 Å². The molecule has 0 saturated carbocycles. The fraction of sp³-hybridized carbons (Fsp3) is 0.273. The molecule has 1 aliphatic rings. The summed E-state index contributed by atoms with van der Waals surface area (Å²) in [6.45, 7) is 3.94. The lowest BCUT2D eigenvalue weighted by atomic mass is 9.96. The Labute approximate surface area is 170 Å². The summed E-state index contributed by atoms with van der Waals surface area (Å²) in [5.74, 6) is -0.628. The third-order valence-corrected chi connectivity index (χ3v) is 5.21. The first-order valence-electron chi connectivity index (χ1n) is 9.50. The molecule has 0 radical (unpaired) electrons. The van der Waals surface area contributed by atoms with Crippen molar-refractivity contribution in [2.24, 2.45) is 5.92 Å². The van der Waals surface area contributed by atoms with E-state index < -0.39 is 18.0 Å². The number of hydrogen-bond acceptors (Lipinski definition) is 3. The molecule has 156 valence electrons. The van der Waals surface area contributed by atoms with E-state index in [1.165, 1.54) is 12.2 Å². The Bertz CT molecular complexity index is 1150. The van der Waals surface area contributed by atoms with Crippen molar-refractivity contribution in [2.45, 2.75) is 33.0 Å². The Hall–Kier alpha value is -3.29. The van der Waals surface area contributed by atoms with Crippen LogP contribution in [0, 0.1) is 19.8 Å². The number of aromatic nitrogens is 2. The maximum absolute atomic E-state index is 12.8. The Morgan fingerprint density at radius 2 is 2.07 bits per heavy atom. The van der Waals surface area contributed by atoms with E-state index in [1.54, 1.807) is 23.7 Å². The standard InChI is InChI=1S/C22H20F3N3O2/c1-13-11-19(30-14(13)2)21(29)26-20-17-5-3-4-6-18(17)28(27-20)12-15-7-9-16(10-8-15)22(23,24)25/h3-9,11,16H,10,12H2,1-2H3,(H,26,27,29). The van der Waals surface area contributed by atoms with E-state index >= 15 is 0 Å².